The van der Waals surface area contributed by atoms with E-state index in [4.69, 9.17) is 0 Å². The molecule has 19 heavy (non-hydrogen) atoms. The van der Waals surface area contributed by atoms with Crippen LogP contribution in [0, 0.1) is 13.8 Å². The number of anilines is 1. The average Bonchev–Trinajstić information content (AvgIpc) is 2.38. The smallest absolute Gasteiger partial charge is 0.246 e. The van der Waals surface area contributed by atoms with Crippen molar-refractivity contribution < 1.29 is 9.90 Å². The van der Waals surface area contributed by atoms with Crippen molar-refractivity contribution in [3.05, 3.63) is 29.3 Å². The molecule has 1 aliphatic heterocycles. The Morgan fingerprint density at radius 2 is 2.05 bits per heavy atom. The molecule has 104 valence electrons. The predicted molar refractivity (Wildman–Crippen MR) is 76.4 cm³/mol. The molecule has 1 aromatic carbocycles. The highest BCUT2D eigenvalue weighted by Crippen LogP contribution is 2.26. The Balaban J connectivity index is 2.38. The van der Waals surface area contributed by atoms with Crippen LogP contribution in [-0.4, -0.2) is 48.2 Å². The molecule has 4 heteroatoms. The predicted octanol–water partition coefficient (Wildman–Crippen LogP) is 1.33. The van der Waals surface area contributed by atoms with E-state index in [2.05, 4.69) is 6.92 Å². The third-order valence-corrected chi connectivity index (χ3v) is 4.01. The van der Waals surface area contributed by atoms with Crippen molar-refractivity contribution in [2.24, 2.45) is 0 Å². The van der Waals surface area contributed by atoms with Gasteiger partial charge in [-0.25, -0.2) is 0 Å². The third kappa shape index (κ3) is 2.51. The van der Waals surface area contributed by atoms with Gasteiger partial charge < -0.3 is 10.0 Å². The molecule has 0 radical (unpaired) electrons. The molecule has 1 amide bonds. The van der Waals surface area contributed by atoms with Crippen LogP contribution in [0.25, 0.3) is 0 Å². The van der Waals surface area contributed by atoms with Crippen LogP contribution < -0.4 is 4.90 Å². The lowest BCUT2D eigenvalue weighted by Crippen LogP contribution is -2.61. The van der Waals surface area contributed by atoms with Gasteiger partial charge in [0.2, 0.25) is 5.91 Å². The van der Waals surface area contributed by atoms with E-state index in [1.165, 1.54) is 0 Å². The molecule has 0 aromatic heterocycles. The van der Waals surface area contributed by atoms with Gasteiger partial charge in [-0.1, -0.05) is 12.1 Å². The summed E-state index contributed by atoms with van der Waals surface area (Å²) in [5.41, 5.74) is 3.19. The lowest BCUT2D eigenvalue weighted by Gasteiger charge is -2.42. The van der Waals surface area contributed by atoms with Gasteiger partial charge in [0.25, 0.3) is 0 Å². The first-order valence-corrected chi connectivity index (χ1v) is 6.67. The van der Waals surface area contributed by atoms with Crippen LogP contribution >= 0.6 is 0 Å². The lowest BCUT2D eigenvalue weighted by atomic mass is 10.0. The van der Waals surface area contributed by atoms with E-state index >= 15 is 0 Å². The second-order valence-electron chi connectivity index (χ2n) is 5.45. The Kier molecular flexibility index (Phi) is 3.92. The lowest BCUT2D eigenvalue weighted by molar-refractivity contribution is -0.128. The molecule has 1 aliphatic rings. The van der Waals surface area contributed by atoms with Gasteiger partial charge in [-0.05, 0) is 45.0 Å². The van der Waals surface area contributed by atoms with Crippen LogP contribution in [-0.2, 0) is 4.79 Å². The van der Waals surface area contributed by atoms with Gasteiger partial charge >= 0.3 is 0 Å². The zero-order valence-corrected chi connectivity index (χ0v) is 12.1. The van der Waals surface area contributed by atoms with Gasteiger partial charge in [-0.3, -0.25) is 9.69 Å². The van der Waals surface area contributed by atoms with Gasteiger partial charge in [0.05, 0.1) is 6.61 Å². The minimum Gasteiger partial charge on any atom is -0.394 e. The Morgan fingerprint density at radius 1 is 1.37 bits per heavy atom. The van der Waals surface area contributed by atoms with E-state index in [1.54, 1.807) is 0 Å². The maximum atomic E-state index is 12.5. The van der Waals surface area contributed by atoms with Crippen molar-refractivity contribution in [3.8, 4) is 0 Å². The Hall–Kier alpha value is -1.39. The average molecular weight is 262 g/mol. The molecule has 2 unspecified atom stereocenters. The molecule has 2 atom stereocenters. The number of aryl methyl sites for hydroxylation is 2. The van der Waals surface area contributed by atoms with Crippen LogP contribution in [0.5, 0.6) is 0 Å². The van der Waals surface area contributed by atoms with Crippen LogP contribution in [0.1, 0.15) is 18.1 Å². The van der Waals surface area contributed by atoms with Crippen molar-refractivity contribution in [3.63, 3.8) is 0 Å². The Labute approximate surface area is 114 Å². The number of hydrogen-bond donors (Lipinski definition) is 1. The second kappa shape index (κ2) is 5.31. The van der Waals surface area contributed by atoms with Crippen molar-refractivity contribution in [2.75, 3.05) is 25.1 Å². The molecule has 0 spiro atoms. The van der Waals surface area contributed by atoms with E-state index < -0.39 is 6.04 Å². The number of hydrogen-bond acceptors (Lipinski definition) is 3. The monoisotopic (exact) mass is 262 g/mol. The molecule has 0 saturated carbocycles. The first-order chi connectivity index (χ1) is 8.95. The van der Waals surface area contributed by atoms with Crippen LogP contribution in [0.15, 0.2) is 18.2 Å². The summed E-state index contributed by atoms with van der Waals surface area (Å²) in [6.45, 7) is 6.64. The number of piperazine rings is 1. The molecule has 0 aliphatic carbocycles. The topological polar surface area (TPSA) is 43.8 Å². The van der Waals surface area contributed by atoms with E-state index in [0.29, 0.717) is 6.54 Å². The summed E-state index contributed by atoms with van der Waals surface area (Å²) in [6, 6.07) is 5.92. The number of nitrogens with zero attached hydrogens (tertiary/aromatic N) is 2. The molecular weight excluding hydrogens is 240 g/mol. The number of benzene rings is 1. The fourth-order valence-electron chi connectivity index (χ4n) is 2.58. The molecule has 2 rings (SSSR count). The van der Waals surface area contributed by atoms with Gasteiger partial charge in [-0.2, -0.15) is 0 Å². The highest BCUT2D eigenvalue weighted by Gasteiger charge is 2.37. The highest BCUT2D eigenvalue weighted by molar-refractivity contribution is 5.98. The van der Waals surface area contributed by atoms with E-state index in [1.807, 2.05) is 48.9 Å². The maximum Gasteiger partial charge on any atom is 0.246 e. The largest absolute Gasteiger partial charge is 0.394 e. The van der Waals surface area contributed by atoms with Crippen LogP contribution in [0.3, 0.4) is 0 Å². The summed E-state index contributed by atoms with van der Waals surface area (Å²) < 4.78 is 0. The molecule has 1 aromatic rings. The normalized spacial score (nSPS) is 24.9. The zero-order chi connectivity index (χ0) is 14.2. The molecular formula is C15H22N2O2. The number of carbonyl (C=O) groups is 1. The van der Waals surface area contributed by atoms with Gasteiger partial charge in [-0.15, -0.1) is 0 Å². The van der Waals surface area contributed by atoms with Crippen molar-refractivity contribution in [2.45, 2.75) is 32.9 Å². The maximum absolute atomic E-state index is 12.5. The third-order valence-electron chi connectivity index (χ3n) is 4.01. The fraction of sp³-hybridized carbons (Fsp3) is 0.533. The first kappa shape index (κ1) is 14.0. The molecule has 1 N–H and O–H groups in total. The Bertz CT molecular complexity index is 487. The number of carbonyl (C=O) groups excluding carboxylic acids is 1. The zero-order valence-electron chi connectivity index (χ0n) is 12.1. The second-order valence-corrected chi connectivity index (χ2v) is 5.45. The summed E-state index contributed by atoms with van der Waals surface area (Å²) in [5, 5.41) is 9.45. The van der Waals surface area contributed by atoms with Crippen molar-refractivity contribution in [1.29, 1.82) is 0 Å². The molecule has 1 saturated heterocycles. The number of amides is 1. The number of aliphatic hydroxyl groups excluding tert-OH is 1. The minimum absolute atomic E-state index is 0.0169. The van der Waals surface area contributed by atoms with Crippen molar-refractivity contribution in [1.82, 2.24) is 4.90 Å². The summed E-state index contributed by atoms with van der Waals surface area (Å²) in [6.07, 6.45) is 0. The van der Waals surface area contributed by atoms with Gasteiger partial charge in [0.1, 0.15) is 6.04 Å². The fourth-order valence-corrected chi connectivity index (χ4v) is 2.58. The van der Waals surface area contributed by atoms with E-state index in [0.717, 1.165) is 16.8 Å². The minimum atomic E-state index is -0.441. The first-order valence-electron chi connectivity index (χ1n) is 6.67. The van der Waals surface area contributed by atoms with Gasteiger partial charge in [0, 0.05) is 18.3 Å². The molecule has 1 heterocycles. The molecule has 4 nitrogen and oxygen atoms in total. The summed E-state index contributed by atoms with van der Waals surface area (Å²) >= 11 is 0. The van der Waals surface area contributed by atoms with Crippen LogP contribution in [0.2, 0.25) is 0 Å². The summed E-state index contributed by atoms with van der Waals surface area (Å²) in [4.78, 5) is 16.3. The van der Waals surface area contributed by atoms with Gasteiger partial charge in [0.15, 0.2) is 0 Å². The SMILES string of the molecule is Cc1ccc(C)c(N2CC(C)N(C)C(CO)C2=O)c1. The standard InChI is InChI=1S/C15H22N2O2/c1-10-5-6-11(2)13(7-10)17-8-12(3)16(4)14(9-18)15(17)19/h5-7,12,14,18H,8-9H2,1-4H3. The summed E-state index contributed by atoms with van der Waals surface area (Å²) in [7, 11) is 1.89. The summed E-state index contributed by atoms with van der Waals surface area (Å²) in [5.74, 6) is -0.0169. The van der Waals surface area contributed by atoms with Crippen molar-refractivity contribution >= 4 is 11.6 Å². The van der Waals surface area contributed by atoms with Crippen LogP contribution in [0.4, 0.5) is 5.69 Å². The number of rotatable bonds is 2. The Morgan fingerprint density at radius 3 is 2.68 bits per heavy atom. The van der Waals surface area contributed by atoms with E-state index in [-0.39, 0.29) is 18.6 Å². The number of likely N-dealkylation sites (N-methyl/N-ethyl adjacent to an activating group) is 1. The quantitative estimate of drug-likeness (QED) is 0.874. The molecule has 0 bridgehead atoms. The van der Waals surface area contributed by atoms with E-state index in [9.17, 15) is 9.90 Å². The molecule has 1 fully saturated rings. The number of aliphatic hydroxyl groups is 1. The highest BCUT2D eigenvalue weighted by atomic mass is 16.3.